The van der Waals surface area contributed by atoms with Crippen LogP contribution in [0.15, 0.2) is 39.0 Å². The molecule has 2 aromatic heterocycles. The van der Waals surface area contributed by atoms with Crippen molar-refractivity contribution in [3.8, 4) is 5.75 Å². The van der Waals surface area contributed by atoms with Crippen LogP contribution in [-0.2, 0) is 13.6 Å². The van der Waals surface area contributed by atoms with Crippen LogP contribution in [0.25, 0.3) is 11.2 Å². The number of aromatic amines is 1. The molecule has 0 saturated carbocycles. The number of imidazole rings is 1. The molecule has 0 radical (unpaired) electrons. The number of benzene rings is 1. The molecule has 0 amide bonds. The van der Waals surface area contributed by atoms with Crippen LogP contribution in [0, 0.1) is 0 Å². The molecule has 0 aliphatic carbocycles. The van der Waals surface area contributed by atoms with E-state index in [9.17, 15) is 14.7 Å². The van der Waals surface area contributed by atoms with Crippen molar-refractivity contribution >= 4 is 22.8 Å². The molecule has 0 aliphatic rings. The van der Waals surface area contributed by atoms with E-state index in [0.29, 0.717) is 29.3 Å². The fourth-order valence-electron chi connectivity index (χ4n) is 2.83. The molecule has 1 aromatic carbocycles. The zero-order valence-electron chi connectivity index (χ0n) is 15.5. The first-order valence-corrected chi connectivity index (χ1v) is 8.72. The number of hydrogen-bond donors (Lipinski definition) is 3. The van der Waals surface area contributed by atoms with Gasteiger partial charge in [-0.25, -0.2) is 10.2 Å². The van der Waals surface area contributed by atoms with E-state index >= 15 is 0 Å². The van der Waals surface area contributed by atoms with Gasteiger partial charge in [-0.15, -0.1) is 0 Å². The molecule has 0 spiro atoms. The average molecular weight is 370 g/mol. The van der Waals surface area contributed by atoms with Gasteiger partial charge in [-0.2, -0.15) is 10.1 Å². The van der Waals surface area contributed by atoms with E-state index in [1.54, 1.807) is 42.8 Å². The van der Waals surface area contributed by atoms with Crippen LogP contribution in [0.5, 0.6) is 5.75 Å². The predicted molar refractivity (Wildman–Crippen MR) is 104 cm³/mol. The van der Waals surface area contributed by atoms with Crippen molar-refractivity contribution < 1.29 is 5.11 Å². The molecule has 3 N–H and O–H groups in total. The number of rotatable bonds is 6. The maximum absolute atomic E-state index is 12.3. The number of aromatic hydroxyl groups is 1. The van der Waals surface area contributed by atoms with Crippen molar-refractivity contribution in [3.63, 3.8) is 0 Å². The van der Waals surface area contributed by atoms with Gasteiger partial charge >= 0.3 is 5.69 Å². The van der Waals surface area contributed by atoms with E-state index in [2.05, 4.69) is 20.5 Å². The maximum Gasteiger partial charge on any atom is 0.329 e. The molecule has 9 heteroatoms. The van der Waals surface area contributed by atoms with E-state index in [0.717, 1.165) is 12.8 Å². The second kappa shape index (κ2) is 7.48. The minimum atomic E-state index is -0.520. The topological polar surface area (TPSA) is 117 Å². The van der Waals surface area contributed by atoms with Crippen molar-refractivity contribution in [3.05, 3.63) is 50.7 Å². The average Bonchev–Trinajstić information content (AvgIpc) is 3.02. The number of para-hydroxylation sites is 1. The van der Waals surface area contributed by atoms with Crippen molar-refractivity contribution in [2.45, 2.75) is 33.2 Å². The first-order valence-electron chi connectivity index (χ1n) is 8.72. The summed E-state index contributed by atoms with van der Waals surface area (Å²) in [6.07, 6.45) is 1.77. The quantitative estimate of drug-likeness (QED) is 0.451. The standard InChI is InChI=1S/C18H22N6O3/c1-4-5-10-24-14-15(23(3)18(27)20-16(14)26)19-17(24)22-21-11(2)12-8-6-7-9-13(12)25/h6-9,25H,4-5,10H2,1-3H3,(H,19,22)(H,20,26,27)/b21-11+. The smallest absolute Gasteiger partial charge is 0.329 e. The first kappa shape index (κ1) is 18.4. The lowest BCUT2D eigenvalue weighted by atomic mass is 10.1. The highest BCUT2D eigenvalue weighted by Gasteiger charge is 2.17. The summed E-state index contributed by atoms with van der Waals surface area (Å²) in [5.74, 6) is 0.485. The number of aryl methyl sites for hydroxylation is 2. The molecule has 0 atom stereocenters. The summed E-state index contributed by atoms with van der Waals surface area (Å²) < 4.78 is 3.02. The molecule has 0 bridgehead atoms. The van der Waals surface area contributed by atoms with E-state index in [-0.39, 0.29) is 11.4 Å². The molecule has 27 heavy (non-hydrogen) atoms. The fourth-order valence-corrected chi connectivity index (χ4v) is 2.83. The van der Waals surface area contributed by atoms with Crippen LogP contribution in [0.4, 0.5) is 5.95 Å². The Kier molecular flexibility index (Phi) is 5.11. The molecule has 0 fully saturated rings. The van der Waals surface area contributed by atoms with Gasteiger partial charge in [-0.1, -0.05) is 25.5 Å². The molecular weight excluding hydrogens is 348 g/mol. The molecule has 3 rings (SSSR count). The summed E-state index contributed by atoms with van der Waals surface area (Å²) in [5, 5.41) is 14.2. The summed E-state index contributed by atoms with van der Waals surface area (Å²) in [7, 11) is 1.55. The number of anilines is 1. The highest BCUT2D eigenvalue weighted by atomic mass is 16.3. The van der Waals surface area contributed by atoms with Gasteiger partial charge in [0.25, 0.3) is 5.56 Å². The largest absolute Gasteiger partial charge is 0.507 e. The number of hydrazone groups is 1. The lowest BCUT2D eigenvalue weighted by Gasteiger charge is -2.08. The van der Waals surface area contributed by atoms with Crippen LogP contribution in [0.3, 0.4) is 0 Å². The minimum Gasteiger partial charge on any atom is -0.507 e. The van der Waals surface area contributed by atoms with Gasteiger partial charge in [0.05, 0.1) is 5.71 Å². The van der Waals surface area contributed by atoms with Gasteiger partial charge in [0.1, 0.15) is 5.75 Å². The van der Waals surface area contributed by atoms with Crippen molar-refractivity contribution in [2.24, 2.45) is 12.1 Å². The SMILES string of the molecule is CCCCn1c(N/N=C(\C)c2ccccc2O)nc2c1c(=O)[nH]c(=O)n2C. The Morgan fingerprint density at radius 1 is 1.33 bits per heavy atom. The summed E-state index contributed by atoms with van der Waals surface area (Å²) >= 11 is 0. The molecule has 2 heterocycles. The molecule has 142 valence electrons. The third-order valence-corrected chi connectivity index (χ3v) is 4.36. The number of phenols is 1. The number of aromatic nitrogens is 4. The molecular formula is C18H22N6O3. The van der Waals surface area contributed by atoms with Crippen LogP contribution < -0.4 is 16.7 Å². The number of nitrogens with one attached hydrogen (secondary N) is 2. The Morgan fingerprint density at radius 3 is 2.78 bits per heavy atom. The zero-order chi connectivity index (χ0) is 19.6. The monoisotopic (exact) mass is 370 g/mol. The molecule has 0 aliphatic heterocycles. The van der Waals surface area contributed by atoms with Crippen molar-refractivity contribution in [1.29, 1.82) is 0 Å². The third-order valence-electron chi connectivity index (χ3n) is 4.36. The van der Waals surface area contributed by atoms with Crippen molar-refractivity contribution in [2.75, 3.05) is 5.43 Å². The molecule has 0 unspecified atom stereocenters. The molecule has 0 saturated heterocycles. The lowest BCUT2D eigenvalue weighted by Crippen LogP contribution is -2.29. The van der Waals surface area contributed by atoms with Gasteiger partial charge in [0, 0.05) is 19.2 Å². The summed E-state index contributed by atoms with van der Waals surface area (Å²) in [5.41, 5.74) is 3.63. The van der Waals surface area contributed by atoms with Gasteiger partial charge in [0.2, 0.25) is 5.95 Å². The molecule has 3 aromatic rings. The predicted octanol–water partition coefficient (Wildman–Crippen LogP) is 1.77. The summed E-state index contributed by atoms with van der Waals surface area (Å²) in [6, 6.07) is 6.88. The van der Waals surface area contributed by atoms with Gasteiger partial charge in [-0.05, 0) is 25.5 Å². The minimum absolute atomic E-state index is 0.124. The van der Waals surface area contributed by atoms with Crippen LogP contribution >= 0.6 is 0 Å². The Bertz CT molecular complexity index is 1120. The Labute approximate surface area is 155 Å². The van der Waals surface area contributed by atoms with Crippen molar-refractivity contribution in [1.82, 2.24) is 19.1 Å². The Morgan fingerprint density at radius 2 is 2.07 bits per heavy atom. The second-order valence-corrected chi connectivity index (χ2v) is 6.26. The highest BCUT2D eigenvalue weighted by Crippen LogP contribution is 2.19. The summed E-state index contributed by atoms with van der Waals surface area (Å²) in [4.78, 5) is 30.9. The lowest BCUT2D eigenvalue weighted by molar-refractivity contribution is 0.474. The number of H-pyrrole nitrogens is 1. The Hall–Kier alpha value is -3.36. The fraction of sp³-hybridized carbons (Fsp3) is 0.333. The van der Waals surface area contributed by atoms with E-state index in [1.807, 2.05) is 6.92 Å². The first-order chi connectivity index (χ1) is 12.9. The van der Waals surface area contributed by atoms with Crippen LogP contribution in [0.2, 0.25) is 0 Å². The van der Waals surface area contributed by atoms with Gasteiger partial charge in [-0.3, -0.25) is 14.3 Å². The van der Waals surface area contributed by atoms with E-state index in [1.165, 1.54) is 4.57 Å². The van der Waals surface area contributed by atoms with E-state index in [4.69, 9.17) is 0 Å². The van der Waals surface area contributed by atoms with Gasteiger partial charge < -0.3 is 9.67 Å². The number of phenolic OH excluding ortho intramolecular Hbond substituents is 1. The zero-order valence-corrected chi connectivity index (χ0v) is 15.5. The highest BCUT2D eigenvalue weighted by molar-refractivity contribution is 6.01. The molecule has 9 nitrogen and oxygen atoms in total. The maximum atomic E-state index is 12.3. The number of nitrogens with zero attached hydrogens (tertiary/aromatic N) is 4. The van der Waals surface area contributed by atoms with Gasteiger partial charge in [0.15, 0.2) is 11.2 Å². The summed E-state index contributed by atoms with van der Waals surface area (Å²) in [6.45, 7) is 4.36. The van der Waals surface area contributed by atoms with E-state index < -0.39 is 11.2 Å². The number of fused-ring (bicyclic) bond motifs is 1. The Balaban J connectivity index is 2.08. The number of hydrogen-bond acceptors (Lipinski definition) is 6. The van der Waals surface area contributed by atoms with Crippen LogP contribution in [-0.4, -0.2) is 29.9 Å². The number of unbranched alkanes of at least 4 members (excludes halogenated alkanes) is 1. The third kappa shape index (κ3) is 3.48. The van der Waals surface area contributed by atoms with Crippen LogP contribution in [0.1, 0.15) is 32.3 Å². The normalized spacial score (nSPS) is 11.9. The second-order valence-electron chi connectivity index (χ2n) is 6.26.